The lowest BCUT2D eigenvalue weighted by Gasteiger charge is -1.96. The highest BCUT2D eigenvalue weighted by Crippen LogP contribution is 2.12. The number of alkyl halides is 1. The fraction of sp³-hybridized carbons (Fsp3) is 0.111. The maximum atomic E-state index is 12.8. The summed E-state index contributed by atoms with van der Waals surface area (Å²) < 4.78 is 12.8. The number of nitrogen functional groups attached to an aromatic ring is 1. The van der Waals surface area contributed by atoms with Crippen molar-refractivity contribution in [2.45, 2.75) is 0 Å². The third-order valence-corrected chi connectivity index (χ3v) is 1.60. The van der Waals surface area contributed by atoms with Crippen LogP contribution in [0.3, 0.4) is 0 Å². The van der Waals surface area contributed by atoms with E-state index in [1.807, 2.05) is 0 Å². The highest BCUT2D eigenvalue weighted by Gasteiger charge is 1.96. The van der Waals surface area contributed by atoms with E-state index in [9.17, 15) is 4.39 Å². The number of hydrogen-bond acceptors (Lipinski definition) is 1. The van der Waals surface area contributed by atoms with Crippen molar-refractivity contribution in [2.75, 3.05) is 11.6 Å². The third kappa shape index (κ3) is 2.24. The van der Waals surface area contributed by atoms with Gasteiger partial charge in [-0.05, 0) is 17.7 Å². The summed E-state index contributed by atoms with van der Waals surface area (Å²) in [5.74, 6) is 0.0261. The molecule has 0 heterocycles. The predicted molar refractivity (Wildman–Crippen MR) is 50.6 cm³/mol. The van der Waals surface area contributed by atoms with E-state index in [0.717, 1.165) is 5.56 Å². The Hall–Kier alpha value is -1.02. The quantitative estimate of drug-likeness (QED) is 0.557. The molecule has 0 spiro atoms. The monoisotopic (exact) mass is 185 g/mol. The Morgan fingerprint density at radius 1 is 1.50 bits per heavy atom. The van der Waals surface area contributed by atoms with Gasteiger partial charge in [0.05, 0.1) is 5.69 Å². The maximum Gasteiger partial charge on any atom is 0.146 e. The van der Waals surface area contributed by atoms with E-state index in [-0.39, 0.29) is 5.69 Å². The molecule has 0 aliphatic heterocycles. The van der Waals surface area contributed by atoms with Crippen LogP contribution in [0.15, 0.2) is 24.3 Å². The molecule has 3 heteroatoms. The Morgan fingerprint density at radius 3 is 2.83 bits per heavy atom. The van der Waals surface area contributed by atoms with Gasteiger partial charge in [0.25, 0.3) is 0 Å². The van der Waals surface area contributed by atoms with Crippen LogP contribution in [0.4, 0.5) is 10.1 Å². The van der Waals surface area contributed by atoms with Gasteiger partial charge in [-0.25, -0.2) is 4.39 Å². The molecule has 64 valence electrons. The molecule has 1 aromatic rings. The van der Waals surface area contributed by atoms with Crippen molar-refractivity contribution >= 4 is 23.4 Å². The average molecular weight is 186 g/mol. The summed E-state index contributed by atoms with van der Waals surface area (Å²) in [5, 5.41) is 0. The highest BCUT2D eigenvalue weighted by atomic mass is 35.5. The Bertz CT molecular complexity index is 297. The Morgan fingerprint density at radius 2 is 2.25 bits per heavy atom. The minimum atomic E-state index is -0.397. The maximum absolute atomic E-state index is 12.8. The van der Waals surface area contributed by atoms with Crippen LogP contribution in [0.5, 0.6) is 0 Å². The average Bonchev–Trinajstić information content (AvgIpc) is 2.07. The number of hydrogen-bond donors (Lipinski definition) is 1. The number of benzene rings is 1. The lowest BCUT2D eigenvalue weighted by atomic mass is 10.2. The minimum absolute atomic E-state index is 0.165. The van der Waals surface area contributed by atoms with Crippen LogP contribution in [0.25, 0.3) is 6.08 Å². The molecule has 0 aromatic heterocycles. The molecule has 0 bridgehead atoms. The van der Waals surface area contributed by atoms with Crippen LogP contribution in [0.1, 0.15) is 5.56 Å². The van der Waals surface area contributed by atoms with E-state index in [1.165, 1.54) is 12.1 Å². The Balaban J connectivity index is 2.89. The molecule has 0 unspecified atom stereocenters. The van der Waals surface area contributed by atoms with Crippen LogP contribution in [0, 0.1) is 5.82 Å². The standard InChI is InChI=1S/C9H9ClFN/c10-5-1-2-7-3-4-9(12)8(11)6-7/h1-4,6H,5,12H2. The van der Waals surface area contributed by atoms with Gasteiger partial charge in [0, 0.05) is 5.88 Å². The normalized spacial score (nSPS) is 10.8. The zero-order chi connectivity index (χ0) is 8.97. The fourth-order valence-electron chi connectivity index (χ4n) is 0.828. The molecule has 0 amide bonds. The summed E-state index contributed by atoms with van der Waals surface area (Å²) in [7, 11) is 0. The molecule has 0 saturated carbocycles. The number of nitrogens with two attached hydrogens (primary N) is 1. The molecule has 1 nitrogen and oxygen atoms in total. The van der Waals surface area contributed by atoms with Crippen molar-refractivity contribution in [2.24, 2.45) is 0 Å². The second-order valence-corrected chi connectivity index (χ2v) is 2.65. The van der Waals surface area contributed by atoms with Crippen molar-refractivity contribution in [1.82, 2.24) is 0 Å². The van der Waals surface area contributed by atoms with Crippen molar-refractivity contribution in [3.8, 4) is 0 Å². The van der Waals surface area contributed by atoms with E-state index in [1.54, 1.807) is 18.2 Å². The van der Waals surface area contributed by atoms with Gasteiger partial charge in [0.2, 0.25) is 0 Å². The summed E-state index contributed by atoms with van der Waals surface area (Å²) >= 11 is 5.42. The summed E-state index contributed by atoms with van der Waals surface area (Å²) in [5.41, 5.74) is 6.22. The molecule has 0 atom stereocenters. The molecule has 1 rings (SSSR count). The molecule has 0 radical (unpaired) electrons. The summed E-state index contributed by atoms with van der Waals surface area (Å²) in [4.78, 5) is 0. The van der Waals surface area contributed by atoms with Crippen LogP contribution < -0.4 is 5.73 Å². The zero-order valence-corrected chi connectivity index (χ0v) is 7.18. The van der Waals surface area contributed by atoms with Gasteiger partial charge in [-0.1, -0.05) is 18.2 Å². The second kappa shape index (κ2) is 4.12. The third-order valence-electron chi connectivity index (χ3n) is 1.42. The van der Waals surface area contributed by atoms with Gasteiger partial charge >= 0.3 is 0 Å². The SMILES string of the molecule is Nc1ccc(C=CCCl)cc1F. The fourth-order valence-corrected chi connectivity index (χ4v) is 0.917. The molecule has 2 N–H and O–H groups in total. The van der Waals surface area contributed by atoms with Crippen LogP contribution >= 0.6 is 11.6 Å². The van der Waals surface area contributed by atoms with Crippen LogP contribution in [-0.2, 0) is 0 Å². The first-order chi connectivity index (χ1) is 5.74. The van der Waals surface area contributed by atoms with E-state index in [4.69, 9.17) is 17.3 Å². The van der Waals surface area contributed by atoms with Crippen molar-refractivity contribution in [3.05, 3.63) is 35.7 Å². The Labute approximate surface area is 75.6 Å². The molecule has 12 heavy (non-hydrogen) atoms. The van der Waals surface area contributed by atoms with Gasteiger partial charge in [-0.2, -0.15) is 0 Å². The lowest BCUT2D eigenvalue weighted by molar-refractivity contribution is 0.632. The first-order valence-corrected chi connectivity index (χ1v) is 4.05. The van der Waals surface area contributed by atoms with Crippen LogP contribution in [0.2, 0.25) is 0 Å². The predicted octanol–water partition coefficient (Wildman–Crippen LogP) is 2.66. The van der Waals surface area contributed by atoms with Crippen LogP contribution in [-0.4, -0.2) is 5.88 Å². The number of rotatable bonds is 2. The molecular weight excluding hydrogens is 177 g/mol. The first kappa shape index (κ1) is 9.07. The van der Waals surface area contributed by atoms with Gasteiger partial charge in [-0.15, -0.1) is 11.6 Å². The topological polar surface area (TPSA) is 26.0 Å². The minimum Gasteiger partial charge on any atom is -0.396 e. The van der Waals surface area contributed by atoms with Gasteiger partial charge in [-0.3, -0.25) is 0 Å². The molecule has 0 fully saturated rings. The van der Waals surface area contributed by atoms with Crippen molar-refractivity contribution in [3.63, 3.8) is 0 Å². The number of halogens is 2. The Kier molecular flexibility index (Phi) is 3.11. The summed E-state index contributed by atoms with van der Waals surface area (Å²) in [6.07, 6.45) is 3.49. The van der Waals surface area contributed by atoms with E-state index in [2.05, 4.69) is 0 Å². The second-order valence-electron chi connectivity index (χ2n) is 2.34. The number of allylic oxidation sites excluding steroid dienone is 1. The molecule has 0 saturated heterocycles. The summed E-state index contributed by atoms with van der Waals surface area (Å²) in [6, 6.07) is 4.64. The smallest absolute Gasteiger partial charge is 0.146 e. The zero-order valence-electron chi connectivity index (χ0n) is 6.43. The van der Waals surface area contributed by atoms with Crippen molar-refractivity contribution in [1.29, 1.82) is 0 Å². The van der Waals surface area contributed by atoms with E-state index >= 15 is 0 Å². The van der Waals surface area contributed by atoms with E-state index in [0.29, 0.717) is 5.88 Å². The van der Waals surface area contributed by atoms with E-state index < -0.39 is 5.82 Å². The van der Waals surface area contributed by atoms with Gasteiger partial charge < -0.3 is 5.73 Å². The summed E-state index contributed by atoms with van der Waals surface area (Å²) in [6.45, 7) is 0. The molecular formula is C9H9ClFN. The molecule has 1 aromatic carbocycles. The number of anilines is 1. The largest absolute Gasteiger partial charge is 0.396 e. The van der Waals surface area contributed by atoms with Gasteiger partial charge in [0.15, 0.2) is 0 Å². The first-order valence-electron chi connectivity index (χ1n) is 3.51. The van der Waals surface area contributed by atoms with Crippen molar-refractivity contribution < 1.29 is 4.39 Å². The highest BCUT2D eigenvalue weighted by molar-refractivity contribution is 6.19. The lowest BCUT2D eigenvalue weighted by Crippen LogP contribution is -1.89. The molecule has 0 aliphatic rings. The van der Waals surface area contributed by atoms with Gasteiger partial charge in [0.1, 0.15) is 5.82 Å². The molecule has 0 aliphatic carbocycles.